The van der Waals surface area contributed by atoms with Gasteiger partial charge in [0.1, 0.15) is 0 Å². The standard InChI is InChI=1S/C11H24N2O/c1-4-13(9(2)8-14-3)11-6-5-10(11)7-12/h9-11H,4-8,12H2,1-3H3. The van der Waals surface area contributed by atoms with E-state index in [1.54, 1.807) is 7.11 Å². The summed E-state index contributed by atoms with van der Waals surface area (Å²) < 4.78 is 5.20. The topological polar surface area (TPSA) is 38.5 Å². The fraction of sp³-hybridized carbons (Fsp3) is 1.00. The van der Waals surface area contributed by atoms with E-state index < -0.39 is 0 Å². The summed E-state index contributed by atoms with van der Waals surface area (Å²) in [6.45, 7) is 7.21. The van der Waals surface area contributed by atoms with E-state index in [4.69, 9.17) is 10.5 Å². The Morgan fingerprint density at radius 2 is 2.21 bits per heavy atom. The summed E-state index contributed by atoms with van der Waals surface area (Å²) in [5.74, 6) is 0.717. The molecular weight excluding hydrogens is 176 g/mol. The van der Waals surface area contributed by atoms with Crippen molar-refractivity contribution in [2.75, 3.05) is 26.8 Å². The molecule has 0 radical (unpaired) electrons. The summed E-state index contributed by atoms with van der Waals surface area (Å²) in [6.07, 6.45) is 2.61. The normalized spacial score (nSPS) is 28.9. The van der Waals surface area contributed by atoms with Crippen molar-refractivity contribution in [3.8, 4) is 0 Å². The minimum absolute atomic E-state index is 0.518. The Morgan fingerprint density at radius 1 is 1.50 bits per heavy atom. The van der Waals surface area contributed by atoms with Crippen LogP contribution in [0.15, 0.2) is 0 Å². The molecule has 1 aliphatic rings. The molecule has 1 rings (SSSR count). The largest absolute Gasteiger partial charge is 0.383 e. The van der Waals surface area contributed by atoms with Crippen molar-refractivity contribution >= 4 is 0 Å². The van der Waals surface area contributed by atoms with Gasteiger partial charge in [-0.05, 0) is 38.8 Å². The van der Waals surface area contributed by atoms with Gasteiger partial charge in [-0.25, -0.2) is 0 Å². The molecule has 14 heavy (non-hydrogen) atoms. The molecule has 1 aliphatic carbocycles. The van der Waals surface area contributed by atoms with E-state index >= 15 is 0 Å². The average molecular weight is 200 g/mol. The van der Waals surface area contributed by atoms with Crippen molar-refractivity contribution in [2.24, 2.45) is 11.7 Å². The molecule has 1 saturated carbocycles. The molecule has 0 aromatic heterocycles. The third-order valence-corrected chi connectivity index (χ3v) is 3.45. The third kappa shape index (κ3) is 2.47. The highest BCUT2D eigenvalue weighted by Crippen LogP contribution is 2.32. The van der Waals surface area contributed by atoms with Crippen LogP contribution >= 0.6 is 0 Å². The number of nitrogens with zero attached hydrogens (tertiary/aromatic N) is 1. The summed E-state index contributed by atoms with van der Waals surface area (Å²) in [4.78, 5) is 2.53. The van der Waals surface area contributed by atoms with Crippen LogP contribution in [0.25, 0.3) is 0 Å². The van der Waals surface area contributed by atoms with Crippen LogP contribution in [0.5, 0.6) is 0 Å². The van der Waals surface area contributed by atoms with Gasteiger partial charge in [-0.15, -0.1) is 0 Å². The van der Waals surface area contributed by atoms with Gasteiger partial charge in [0.25, 0.3) is 0 Å². The highest BCUT2D eigenvalue weighted by atomic mass is 16.5. The van der Waals surface area contributed by atoms with Gasteiger partial charge in [-0.1, -0.05) is 6.92 Å². The first-order valence-electron chi connectivity index (χ1n) is 5.69. The summed E-state index contributed by atoms with van der Waals surface area (Å²) in [5, 5.41) is 0. The van der Waals surface area contributed by atoms with Crippen molar-refractivity contribution in [3.05, 3.63) is 0 Å². The molecule has 0 heterocycles. The van der Waals surface area contributed by atoms with Crippen LogP contribution in [0.2, 0.25) is 0 Å². The van der Waals surface area contributed by atoms with Gasteiger partial charge in [0.15, 0.2) is 0 Å². The van der Waals surface area contributed by atoms with E-state index in [0.29, 0.717) is 18.0 Å². The second-order valence-electron chi connectivity index (χ2n) is 4.28. The van der Waals surface area contributed by atoms with Crippen molar-refractivity contribution < 1.29 is 4.74 Å². The Bertz CT molecular complexity index is 161. The molecule has 3 heteroatoms. The molecule has 0 aliphatic heterocycles. The van der Waals surface area contributed by atoms with E-state index in [-0.39, 0.29) is 0 Å². The quantitative estimate of drug-likeness (QED) is 0.697. The summed E-state index contributed by atoms with van der Waals surface area (Å²) in [5.41, 5.74) is 5.73. The van der Waals surface area contributed by atoms with E-state index in [2.05, 4.69) is 18.7 Å². The lowest BCUT2D eigenvalue weighted by atomic mass is 9.78. The SMILES string of the molecule is CCN(C(C)COC)C1CCC1CN. The predicted octanol–water partition coefficient (Wildman–Crippen LogP) is 1.08. The number of rotatable bonds is 6. The molecule has 84 valence electrons. The van der Waals surface area contributed by atoms with Crippen LogP contribution in [0.1, 0.15) is 26.7 Å². The van der Waals surface area contributed by atoms with Gasteiger partial charge in [-0.2, -0.15) is 0 Å². The maximum absolute atomic E-state index is 5.73. The molecule has 0 bridgehead atoms. The lowest BCUT2D eigenvalue weighted by Crippen LogP contribution is -2.53. The first-order chi connectivity index (χ1) is 6.74. The average Bonchev–Trinajstić information content (AvgIpc) is 2.13. The van der Waals surface area contributed by atoms with Gasteiger partial charge in [0, 0.05) is 19.2 Å². The first-order valence-corrected chi connectivity index (χ1v) is 5.69. The smallest absolute Gasteiger partial charge is 0.0615 e. The molecule has 0 aromatic rings. The zero-order valence-corrected chi connectivity index (χ0v) is 9.70. The van der Waals surface area contributed by atoms with Crippen molar-refractivity contribution in [1.82, 2.24) is 4.90 Å². The molecule has 0 spiro atoms. The van der Waals surface area contributed by atoms with E-state index in [1.807, 2.05) is 0 Å². The van der Waals surface area contributed by atoms with E-state index in [9.17, 15) is 0 Å². The second-order valence-corrected chi connectivity index (χ2v) is 4.28. The van der Waals surface area contributed by atoms with Gasteiger partial charge in [0.05, 0.1) is 6.61 Å². The maximum Gasteiger partial charge on any atom is 0.0615 e. The molecule has 0 saturated heterocycles. The van der Waals surface area contributed by atoms with Crippen molar-refractivity contribution in [1.29, 1.82) is 0 Å². The Kier molecular flexibility index (Phi) is 4.85. The molecule has 3 nitrogen and oxygen atoms in total. The second kappa shape index (κ2) is 5.69. The predicted molar refractivity (Wildman–Crippen MR) is 59.3 cm³/mol. The maximum atomic E-state index is 5.73. The highest BCUT2D eigenvalue weighted by molar-refractivity contribution is 4.90. The third-order valence-electron chi connectivity index (χ3n) is 3.45. The molecule has 0 aromatic carbocycles. The Labute approximate surface area is 87.6 Å². The van der Waals surface area contributed by atoms with Gasteiger partial charge >= 0.3 is 0 Å². The zero-order valence-electron chi connectivity index (χ0n) is 9.70. The summed E-state index contributed by atoms with van der Waals surface area (Å²) in [7, 11) is 1.77. The molecule has 1 fully saturated rings. The fourth-order valence-electron chi connectivity index (χ4n) is 2.47. The van der Waals surface area contributed by atoms with Gasteiger partial charge in [0.2, 0.25) is 0 Å². The number of hydrogen-bond acceptors (Lipinski definition) is 3. The minimum Gasteiger partial charge on any atom is -0.383 e. The number of ether oxygens (including phenoxy) is 1. The molecule has 3 unspecified atom stereocenters. The zero-order chi connectivity index (χ0) is 10.6. The number of methoxy groups -OCH3 is 1. The van der Waals surface area contributed by atoms with Crippen LogP contribution in [0.3, 0.4) is 0 Å². The van der Waals surface area contributed by atoms with Crippen LogP contribution in [-0.4, -0.2) is 43.8 Å². The minimum atomic E-state index is 0.518. The number of likely N-dealkylation sites (N-methyl/N-ethyl adjacent to an activating group) is 1. The molecule has 2 N–H and O–H groups in total. The molecule has 0 amide bonds. The first kappa shape index (κ1) is 12.0. The Morgan fingerprint density at radius 3 is 2.57 bits per heavy atom. The fourth-order valence-corrected chi connectivity index (χ4v) is 2.47. The van der Waals surface area contributed by atoms with Crippen LogP contribution in [-0.2, 0) is 4.74 Å². The monoisotopic (exact) mass is 200 g/mol. The Balaban J connectivity index is 2.44. The summed E-state index contributed by atoms with van der Waals surface area (Å²) in [6, 6.07) is 1.22. The van der Waals surface area contributed by atoms with Crippen LogP contribution in [0, 0.1) is 5.92 Å². The molecule has 3 atom stereocenters. The van der Waals surface area contributed by atoms with E-state index in [1.165, 1.54) is 12.8 Å². The highest BCUT2D eigenvalue weighted by Gasteiger charge is 2.35. The van der Waals surface area contributed by atoms with E-state index in [0.717, 1.165) is 19.7 Å². The van der Waals surface area contributed by atoms with Crippen LogP contribution < -0.4 is 5.73 Å². The van der Waals surface area contributed by atoms with Crippen molar-refractivity contribution in [2.45, 2.75) is 38.8 Å². The summed E-state index contributed by atoms with van der Waals surface area (Å²) >= 11 is 0. The number of nitrogens with two attached hydrogens (primary N) is 1. The van der Waals surface area contributed by atoms with Gasteiger partial charge < -0.3 is 10.5 Å². The Hall–Kier alpha value is -0.120. The van der Waals surface area contributed by atoms with Crippen molar-refractivity contribution in [3.63, 3.8) is 0 Å². The lowest BCUT2D eigenvalue weighted by molar-refractivity contribution is 0.0106. The van der Waals surface area contributed by atoms with Crippen LogP contribution in [0.4, 0.5) is 0 Å². The number of hydrogen-bond donors (Lipinski definition) is 1. The lowest BCUT2D eigenvalue weighted by Gasteiger charge is -2.46. The van der Waals surface area contributed by atoms with Gasteiger partial charge in [-0.3, -0.25) is 4.90 Å². The molecular formula is C11H24N2O.